The molecule has 3 fully saturated rings. The molecule has 2 aromatic carbocycles. The molecule has 2 unspecified atom stereocenters. The van der Waals surface area contributed by atoms with E-state index in [-0.39, 0.29) is 18.1 Å². The maximum Gasteiger partial charge on any atom is 0.310 e. The van der Waals surface area contributed by atoms with Gasteiger partial charge in [-0.25, -0.2) is 4.98 Å². The van der Waals surface area contributed by atoms with E-state index in [2.05, 4.69) is 27.7 Å². The van der Waals surface area contributed by atoms with Crippen LogP contribution in [0.25, 0.3) is 22.4 Å². The Morgan fingerprint density at radius 3 is 2.53 bits per heavy atom. The number of carbonyl (C=O) groups excluding carboxylic acids is 1. The van der Waals surface area contributed by atoms with Crippen LogP contribution in [0.1, 0.15) is 66.9 Å². The molecule has 4 heterocycles. The van der Waals surface area contributed by atoms with Crippen LogP contribution in [-0.4, -0.2) is 71.7 Å². The van der Waals surface area contributed by atoms with Crippen molar-refractivity contribution in [2.75, 3.05) is 33.9 Å². The number of aromatic nitrogens is 2. The van der Waals surface area contributed by atoms with Gasteiger partial charge in [0.15, 0.2) is 0 Å². The molecule has 8 rings (SSSR count). The molecule has 2 aliphatic carbocycles. The smallest absolute Gasteiger partial charge is 0.310 e. The van der Waals surface area contributed by atoms with Crippen molar-refractivity contribution in [2.45, 2.75) is 70.2 Å². The van der Waals surface area contributed by atoms with Gasteiger partial charge in [0.2, 0.25) is 23.5 Å². The molecule has 4 aliphatic rings. The minimum absolute atomic E-state index is 0.100. The Bertz CT molecular complexity index is 2130. The van der Waals surface area contributed by atoms with E-state index in [9.17, 15) is 14.7 Å². The predicted molar refractivity (Wildman–Crippen MR) is 210 cm³/mol. The highest BCUT2D eigenvalue weighted by Gasteiger charge is 2.50. The quantitative estimate of drug-likeness (QED) is 0.127. The highest BCUT2D eigenvalue weighted by molar-refractivity contribution is 6.36. The van der Waals surface area contributed by atoms with Crippen molar-refractivity contribution in [2.24, 2.45) is 11.3 Å². The number of nitrogens with one attached hydrogen (secondary N) is 2. The summed E-state index contributed by atoms with van der Waals surface area (Å²) in [6.07, 6.45) is 5.06. The predicted octanol–water partition coefficient (Wildman–Crippen LogP) is 7.26. The second-order valence-corrected chi connectivity index (χ2v) is 16.1. The lowest BCUT2D eigenvalue weighted by Gasteiger charge is -2.37. The molecule has 1 amide bonds. The molecule has 11 nitrogen and oxygen atoms in total. The molecule has 2 aromatic heterocycles. The fourth-order valence-corrected chi connectivity index (χ4v) is 9.63. The lowest BCUT2D eigenvalue weighted by molar-refractivity contribution is -0.151. The van der Waals surface area contributed by atoms with Crippen LogP contribution in [-0.2, 0) is 29.1 Å². The highest BCUT2D eigenvalue weighted by atomic mass is 35.5. The first kappa shape index (κ1) is 37.5. The van der Waals surface area contributed by atoms with Crippen molar-refractivity contribution in [3.63, 3.8) is 0 Å². The molecule has 1 saturated carbocycles. The number of hydrogen-bond donors (Lipinski definition) is 3. The van der Waals surface area contributed by atoms with Crippen molar-refractivity contribution in [3.05, 3.63) is 86.9 Å². The van der Waals surface area contributed by atoms with E-state index in [1.807, 2.05) is 42.5 Å². The first-order chi connectivity index (χ1) is 26.6. The molecular formula is C42H45Cl2N5O6. The highest BCUT2D eigenvalue weighted by Crippen LogP contribution is 2.48. The van der Waals surface area contributed by atoms with Crippen molar-refractivity contribution in [1.29, 1.82) is 0 Å². The summed E-state index contributed by atoms with van der Waals surface area (Å²) in [5.41, 5.74) is 6.69. The number of carboxylic acids is 1. The zero-order valence-corrected chi connectivity index (χ0v) is 32.5. The van der Waals surface area contributed by atoms with Gasteiger partial charge < -0.3 is 30.0 Å². The lowest BCUT2D eigenvalue weighted by Crippen LogP contribution is -2.46. The van der Waals surface area contributed by atoms with Gasteiger partial charge in [-0.15, -0.1) is 0 Å². The summed E-state index contributed by atoms with van der Waals surface area (Å²) in [7, 11) is 3.19. The van der Waals surface area contributed by atoms with E-state index in [0.717, 1.165) is 84.0 Å². The number of piperidine rings is 1. The Morgan fingerprint density at radius 1 is 0.964 bits per heavy atom. The number of amides is 1. The van der Waals surface area contributed by atoms with Gasteiger partial charge in [0.05, 0.1) is 30.4 Å². The van der Waals surface area contributed by atoms with Gasteiger partial charge in [-0.2, -0.15) is 4.98 Å². The third-order valence-corrected chi connectivity index (χ3v) is 12.4. The van der Waals surface area contributed by atoms with Gasteiger partial charge in [0, 0.05) is 67.4 Å². The summed E-state index contributed by atoms with van der Waals surface area (Å²) in [4.78, 5) is 35.5. The van der Waals surface area contributed by atoms with E-state index >= 15 is 0 Å². The number of aliphatic carboxylic acids is 1. The van der Waals surface area contributed by atoms with E-state index < -0.39 is 11.4 Å². The molecule has 0 radical (unpaired) electrons. The van der Waals surface area contributed by atoms with Gasteiger partial charge >= 0.3 is 5.97 Å². The molecule has 13 heteroatoms. The third-order valence-electron chi connectivity index (χ3n) is 11.7. The van der Waals surface area contributed by atoms with Crippen molar-refractivity contribution in [1.82, 2.24) is 25.5 Å². The Morgan fingerprint density at radius 2 is 1.75 bits per heavy atom. The van der Waals surface area contributed by atoms with E-state index in [4.69, 9.17) is 47.4 Å². The van der Waals surface area contributed by atoms with Crippen molar-refractivity contribution in [3.8, 4) is 40.0 Å². The standard InChI is InChI=1S/C42H45Cl2N5O6/c1-53-38-25(19-45-20-27-10-14-36(50)46-27)9-12-34(47-38)32-8-4-7-31(37(32)44)28-5-3-6-30-29(28)11-13-35(30)55-40-33(43)17-26(39(48-40)54-2)22-49-21-24-15-16-42(18-24,23-49)41(51)52/h3-9,12,17,24,27,35,45H,10-11,13-16,18-23H2,1-2H3,(H,46,50)(H,51,52)/t24?,27-,35-,42?/m0/s1. The van der Waals surface area contributed by atoms with Crippen LogP contribution >= 0.6 is 23.2 Å². The van der Waals surface area contributed by atoms with Crippen molar-refractivity contribution >= 4 is 35.1 Å². The van der Waals surface area contributed by atoms with Crippen LogP contribution in [0.5, 0.6) is 17.6 Å². The second-order valence-electron chi connectivity index (χ2n) is 15.3. The second kappa shape index (κ2) is 15.6. The molecule has 288 valence electrons. The largest absolute Gasteiger partial charge is 0.481 e. The minimum atomic E-state index is -0.706. The molecule has 2 bridgehead atoms. The van der Waals surface area contributed by atoms with Crippen LogP contribution in [0, 0.1) is 11.3 Å². The number of rotatable bonds is 13. The summed E-state index contributed by atoms with van der Waals surface area (Å²) in [5.74, 6) is 1.02. The first-order valence-electron chi connectivity index (χ1n) is 19.0. The molecule has 0 spiro atoms. The van der Waals surface area contributed by atoms with Gasteiger partial charge in [0.25, 0.3) is 0 Å². The third kappa shape index (κ3) is 7.47. The number of pyridine rings is 2. The van der Waals surface area contributed by atoms with Gasteiger partial charge in [-0.05, 0) is 73.3 Å². The fourth-order valence-electron chi connectivity index (χ4n) is 9.09. The number of methoxy groups -OCH3 is 2. The number of nitrogens with zero attached hydrogens (tertiary/aromatic N) is 3. The Labute approximate surface area is 330 Å². The molecule has 2 aliphatic heterocycles. The van der Waals surface area contributed by atoms with E-state index in [1.165, 1.54) is 0 Å². The summed E-state index contributed by atoms with van der Waals surface area (Å²) in [6, 6.07) is 18.1. The molecule has 4 aromatic rings. The Kier molecular flexibility index (Phi) is 10.6. The average Bonchev–Trinajstić information content (AvgIpc) is 3.89. The first-order valence-corrected chi connectivity index (χ1v) is 19.7. The molecule has 55 heavy (non-hydrogen) atoms. The van der Waals surface area contributed by atoms with Gasteiger partial charge in [-0.3, -0.25) is 14.5 Å². The van der Waals surface area contributed by atoms with E-state index in [1.54, 1.807) is 14.2 Å². The van der Waals surface area contributed by atoms with Crippen LogP contribution in [0.15, 0.2) is 54.6 Å². The number of likely N-dealkylation sites (tertiary alicyclic amines) is 1. The van der Waals surface area contributed by atoms with Gasteiger partial charge in [-0.1, -0.05) is 65.7 Å². The zero-order valence-electron chi connectivity index (χ0n) is 31.0. The van der Waals surface area contributed by atoms with Crippen LogP contribution in [0.3, 0.4) is 0 Å². The molecule has 2 saturated heterocycles. The molecular weight excluding hydrogens is 741 g/mol. The molecule has 3 N–H and O–H groups in total. The van der Waals surface area contributed by atoms with E-state index in [0.29, 0.717) is 71.9 Å². The number of benzene rings is 2. The van der Waals surface area contributed by atoms with Crippen LogP contribution < -0.4 is 24.8 Å². The topological polar surface area (TPSA) is 135 Å². The number of carbonyl (C=O) groups is 2. The SMILES string of the molecule is COc1nc(-c2cccc(-c3cccc4c3CC[C@@H]4Oc3nc(OC)c(CN4CC5CCC(C(=O)O)(C5)C4)cc3Cl)c2Cl)ccc1CNC[C@@H]1CCC(=O)N1. The Hall–Kier alpha value is -4.42. The number of hydrogen-bond acceptors (Lipinski definition) is 9. The number of fused-ring (bicyclic) bond motifs is 3. The Balaban J connectivity index is 0.990. The summed E-state index contributed by atoms with van der Waals surface area (Å²) >= 11 is 14.0. The normalized spacial score (nSPS) is 23.1. The van der Waals surface area contributed by atoms with Crippen LogP contribution in [0.2, 0.25) is 10.0 Å². The summed E-state index contributed by atoms with van der Waals surface area (Å²) in [6.45, 7) is 3.09. The summed E-state index contributed by atoms with van der Waals surface area (Å²) < 4.78 is 17.9. The molecule has 4 atom stereocenters. The number of ether oxygens (including phenoxy) is 3. The van der Waals surface area contributed by atoms with Crippen LogP contribution in [0.4, 0.5) is 0 Å². The maximum atomic E-state index is 12.2. The number of carboxylic acid groups (broad SMARTS) is 1. The lowest BCUT2D eigenvalue weighted by atomic mass is 9.82. The fraction of sp³-hybridized carbons (Fsp3) is 0.429. The average molecular weight is 787 g/mol. The van der Waals surface area contributed by atoms with Gasteiger partial charge in [0.1, 0.15) is 11.1 Å². The maximum absolute atomic E-state index is 12.2. The zero-order chi connectivity index (χ0) is 38.3. The number of halogens is 2. The van der Waals surface area contributed by atoms with Crippen molar-refractivity contribution < 1.29 is 28.9 Å². The summed E-state index contributed by atoms with van der Waals surface area (Å²) in [5, 5.41) is 17.4. The monoisotopic (exact) mass is 785 g/mol. The minimum Gasteiger partial charge on any atom is -0.481 e.